The fourth-order valence-electron chi connectivity index (χ4n) is 2.55. The molecule has 1 aliphatic heterocycles. The second-order valence-electron chi connectivity index (χ2n) is 5.68. The summed E-state index contributed by atoms with van der Waals surface area (Å²) in [5.74, 6) is -0.277. The van der Waals surface area contributed by atoms with Crippen molar-refractivity contribution in [2.75, 3.05) is 17.2 Å². The van der Waals surface area contributed by atoms with Crippen LogP contribution in [0.25, 0.3) is 0 Å². The lowest BCUT2D eigenvalue weighted by Gasteiger charge is -2.18. The number of carbonyl (C=O) groups is 2. The number of benzene rings is 2. The van der Waals surface area contributed by atoms with E-state index in [1.165, 1.54) is 12.1 Å². The summed E-state index contributed by atoms with van der Waals surface area (Å²) in [5, 5.41) is 6.23. The predicted molar refractivity (Wildman–Crippen MR) is 96.8 cm³/mol. The highest BCUT2D eigenvalue weighted by molar-refractivity contribution is 7.89. The molecule has 2 aromatic carbocycles. The van der Waals surface area contributed by atoms with Gasteiger partial charge in [-0.2, -0.15) is 0 Å². The number of nitrogens with zero attached hydrogens (tertiary/aromatic N) is 1. The van der Waals surface area contributed by atoms with Crippen LogP contribution in [0.4, 0.5) is 16.2 Å². The van der Waals surface area contributed by atoms with Crippen LogP contribution in [0, 0.1) is 0 Å². The summed E-state index contributed by atoms with van der Waals surface area (Å²) in [6.07, 6.45) is 0.905. The minimum absolute atomic E-state index is 0.111. The predicted octanol–water partition coefficient (Wildman–Crippen LogP) is 2.15. The lowest BCUT2D eigenvalue weighted by molar-refractivity contribution is -0.129. The van der Waals surface area contributed by atoms with E-state index < -0.39 is 16.1 Å². The van der Waals surface area contributed by atoms with Gasteiger partial charge in [-0.25, -0.2) is 13.2 Å². The third-order valence-electron chi connectivity index (χ3n) is 3.76. The quantitative estimate of drug-likeness (QED) is 0.745. The van der Waals surface area contributed by atoms with Gasteiger partial charge in [0, 0.05) is 18.7 Å². The van der Waals surface area contributed by atoms with Gasteiger partial charge in [0.1, 0.15) is 4.90 Å². The average molecular weight is 374 g/mol. The molecule has 0 radical (unpaired) electrons. The monoisotopic (exact) mass is 374 g/mol. The van der Waals surface area contributed by atoms with Crippen molar-refractivity contribution in [3.63, 3.8) is 0 Å². The van der Waals surface area contributed by atoms with E-state index in [0.29, 0.717) is 25.1 Å². The lowest BCUT2D eigenvalue weighted by atomic mass is 10.3. The molecule has 1 fully saturated rings. The molecule has 0 spiro atoms. The van der Waals surface area contributed by atoms with Crippen molar-refractivity contribution in [1.29, 1.82) is 0 Å². The molecule has 2 aromatic rings. The molecule has 3 rings (SSSR count). The Kier molecular flexibility index (Phi) is 5.19. The van der Waals surface area contributed by atoms with Crippen LogP contribution in [0.2, 0.25) is 0 Å². The Morgan fingerprint density at radius 3 is 2.35 bits per heavy atom. The number of urea groups is 1. The van der Waals surface area contributed by atoms with Crippen molar-refractivity contribution in [2.45, 2.75) is 17.7 Å². The molecular formula is C17H18N4O4S. The minimum Gasteiger partial charge on any atom is -0.308 e. The summed E-state index contributed by atoms with van der Waals surface area (Å²) in [7, 11) is -4.01. The van der Waals surface area contributed by atoms with E-state index in [-0.39, 0.29) is 16.5 Å². The van der Waals surface area contributed by atoms with Crippen molar-refractivity contribution in [1.82, 2.24) is 9.84 Å². The van der Waals surface area contributed by atoms with Gasteiger partial charge in [0.05, 0.1) is 5.69 Å². The largest absolute Gasteiger partial charge is 0.323 e. The smallest absolute Gasteiger partial charge is 0.308 e. The normalized spacial score (nSPS) is 14.3. The zero-order chi connectivity index (χ0) is 18.6. The van der Waals surface area contributed by atoms with E-state index in [4.69, 9.17) is 0 Å². The summed E-state index contributed by atoms with van der Waals surface area (Å²) in [5.41, 5.74) is 0.686. The Balaban J connectivity index is 1.77. The summed E-state index contributed by atoms with van der Waals surface area (Å²) >= 11 is 0. The van der Waals surface area contributed by atoms with Gasteiger partial charge in [-0.1, -0.05) is 30.3 Å². The number of carbonyl (C=O) groups excluding carboxylic acids is 2. The summed E-state index contributed by atoms with van der Waals surface area (Å²) in [4.78, 5) is 26.0. The van der Waals surface area contributed by atoms with Crippen molar-refractivity contribution >= 4 is 33.3 Å². The van der Waals surface area contributed by atoms with Crippen LogP contribution in [0.3, 0.4) is 0 Å². The first-order valence-corrected chi connectivity index (χ1v) is 9.49. The highest BCUT2D eigenvalue weighted by atomic mass is 32.2. The minimum atomic E-state index is -4.01. The molecule has 3 amide bonds. The molecule has 1 saturated heterocycles. The second-order valence-corrected chi connectivity index (χ2v) is 7.31. The highest BCUT2D eigenvalue weighted by Gasteiger charge is 2.27. The molecule has 1 heterocycles. The van der Waals surface area contributed by atoms with Gasteiger partial charge in [-0.3, -0.25) is 9.80 Å². The summed E-state index contributed by atoms with van der Waals surface area (Å²) in [6.45, 7) is 0.322. The molecule has 0 bridgehead atoms. The Morgan fingerprint density at radius 2 is 1.65 bits per heavy atom. The number of hydrogen-bond donors (Lipinski definition) is 3. The molecule has 8 nitrogen and oxygen atoms in total. The molecule has 0 atom stereocenters. The standard InChI is InChI=1S/C17H18N4O4S/c22-16-11-6-12-21(16)20-26(24,25)15-10-5-4-9-14(15)19-17(23)18-13-7-2-1-3-8-13/h1-5,7-10,20H,6,11-12H2,(H2,18,19,23). The first-order chi connectivity index (χ1) is 12.5. The van der Waals surface area contributed by atoms with Crippen molar-refractivity contribution in [3.8, 4) is 0 Å². The number of nitrogens with one attached hydrogen (secondary N) is 3. The van der Waals surface area contributed by atoms with Crippen LogP contribution in [0.15, 0.2) is 59.5 Å². The fraction of sp³-hybridized carbons (Fsp3) is 0.176. The molecule has 0 aromatic heterocycles. The molecular weight excluding hydrogens is 356 g/mol. The molecule has 0 aliphatic carbocycles. The van der Waals surface area contributed by atoms with Crippen LogP contribution < -0.4 is 15.5 Å². The van der Waals surface area contributed by atoms with Crippen molar-refractivity contribution < 1.29 is 18.0 Å². The third-order valence-corrected chi connectivity index (χ3v) is 5.16. The molecule has 0 unspecified atom stereocenters. The number of amides is 3. The number of anilines is 2. The maximum atomic E-state index is 12.6. The van der Waals surface area contributed by atoms with Crippen LogP contribution in [0.5, 0.6) is 0 Å². The number of sulfonamides is 1. The molecule has 1 aliphatic rings. The van der Waals surface area contributed by atoms with Gasteiger partial charge in [0.2, 0.25) is 5.91 Å². The van der Waals surface area contributed by atoms with E-state index in [2.05, 4.69) is 15.5 Å². The van der Waals surface area contributed by atoms with Gasteiger partial charge < -0.3 is 10.6 Å². The molecule has 26 heavy (non-hydrogen) atoms. The maximum Gasteiger partial charge on any atom is 0.323 e. The Bertz CT molecular complexity index is 915. The van der Waals surface area contributed by atoms with Crippen molar-refractivity contribution in [2.24, 2.45) is 0 Å². The van der Waals surface area contributed by atoms with E-state index in [0.717, 1.165) is 5.01 Å². The van der Waals surface area contributed by atoms with Crippen LogP contribution in [-0.2, 0) is 14.8 Å². The van der Waals surface area contributed by atoms with Crippen LogP contribution in [-0.4, -0.2) is 31.9 Å². The zero-order valence-corrected chi connectivity index (χ0v) is 14.6. The fourth-order valence-corrected chi connectivity index (χ4v) is 3.80. The second kappa shape index (κ2) is 7.54. The van der Waals surface area contributed by atoms with Gasteiger partial charge in [0.25, 0.3) is 10.0 Å². The van der Waals surface area contributed by atoms with E-state index in [1.54, 1.807) is 36.4 Å². The maximum absolute atomic E-state index is 12.6. The third kappa shape index (κ3) is 4.19. The van der Waals surface area contributed by atoms with E-state index >= 15 is 0 Å². The lowest BCUT2D eigenvalue weighted by Crippen LogP contribution is -2.43. The number of hydrazine groups is 1. The number of hydrogen-bond acceptors (Lipinski definition) is 4. The highest BCUT2D eigenvalue weighted by Crippen LogP contribution is 2.22. The van der Waals surface area contributed by atoms with Crippen molar-refractivity contribution in [3.05, 3.63) is 54.6 Å². The summed E-state index contributed by atoms with van der Waals surface area (Å²) in [6, 6.07) is 14.2. The summed E-state index contributed by atoms with van der Waals surface area (Å²) < 4.78 is 25.2. The number of para-hydroxylation sites is 2. The molecule has 9 heteroatoms. The van der Waals surface area contributed by atoms with Gasteiger partial charge >= 0.3 is 6.03 Å². The van der Waals surface area contributed by atoms with E-state index in [9.17, 15) is 18.0 Å². The molecule has 3 N–H and O–H groups in total. The zero-order valence-electron chi connectivity index (χ0n) is 13.8. The van der Waals surface area contributed by atoms with Gasteiger partial charge in [-0.05, 0) is 30.7 Å². The first-order valence-electron chi connectivity index (χ1n) is 8.00. The average Bonchev–Trinajstić information content (AvgIpc) is 3.00. The number of rotatable bonds is 5. The molecule has 0 saturated carbocycles. The van der Waals surface area contributed by atoms with Gasteiger partial charge in [-0.15, -0.1) is 4.83 Å². The van der Waals surface area contributed by atoms with E-state index in [1.807, 2.05) is 6.07 Å². The Labute approximate surface area is 151 Å². The SMILES string of the molecule is O=C(Nc1ccccc1)Nc1ccccc1S(=O)(=O)NN1CCCC1=O. The molecule has 136 valence electrons. The first kappa shape index (κ1) is 17.9. The topological polar surface area (TPSA) is 108 Å². The Hall–Kier alpha value is -2.91. The van der Waals surface area contributed by atoms with Crippen LogP contribution >= 0.6 is 0 Å². The van der Waals surface area contributed by atoms with Crippen LogP contribution in [0.1, 0.15) is 12.8 Å². The Morgan fingerprint density at radius 1 is 0.962 bits per heavy atom. The van der Waals surface area contributed by atoms with Gasteiger partial charge in [0.15, 0.2) is 0 Å².